The standard InChI is InChI=1S/C10H12INO4S/c1-2-16-9(14)10(5-12)3-7(11)8(17-10)4-15-6-13/h6-8H,2-4H2,1H3/t7-,8-,10?/m0/s1. The van der Waals surface area contributed by atoms with Crippen LogP contribution in [0.15, 0.2) is 0 Å². The smallest absolute Gasteiger partial charge is 0.336 e. The first-order valence-corrected chi connectivity index (χ1v) is 7.17. The molecule has 0 aliphatic carbocycles. The third kappa shape index (κ3) is 3.25. The molecule has 0 N–H and O–H groups in total. The van der Waals surface area contributed by atoms with Crippen LogP contribution in [0, 0.1) is 11.3 Å². The van der Waals surface area contributed by atoms with Gasteiger partial charge in [-0.25, -0.2) is 4.79 Å². The van der Waals surface area contributed by atoms with E-state index in [1.165, 1.54) is 11.8 Å². The SMILES string of the molecule is CCOC(=O)C1(C#N)C[C@H](I)[C@H](COC=O)S1. The summed E-state index contributed by atoms with van der Waals surface area (Å²) < 4.78 is 8.57. The van der Waals surface area contributed by atoms with E-state index in [1.54, 1.807) is 6.92 Å². The van der Waals surface area contributed by atoms with Crippen molar-refractivity contribution < 1.29 is 19.1 Å². The fourth-order valence-corrected chi connectivity index (χ4v) is 4.55. The number of ether oxygens (including phenoxy) is 2. The summed E-state index contributed by atoms with van der Waals surface area (Å²) in [6.45, 7) is 2.55. The van der Waals surface area contributed by atoms with Gasteiger partial charge in [0, 0.05) is 3.92 Å². The molecule has 1 aliphatic heterocycles. The van der Waals surface area contributed by atoms with E-state index in [-0.39, 0.29) is 22.4 Å². The molecule has 1 unspecified atom stereocenters. The van der Waals surface area contributed by atoms with Crippen LogP contribution < -0.4 is 0 Å². The predicted molar refractivity (Wildman–Crippen MR) is 70.8 cm³/mol. The number of hydrogen-bond donors (Lipinski definition) is 0. The van der Waals surface area contributed by atoms with Crippen molar-refractivity contribution in [1.29, 1.82) is 5.26 Å². The fourth-order valence-electron chi connectivity index (χ4n) is 1.56. The van der Waals surface area contributed by atoms with Crippen molar-refractivity contribution in [2.24, 2.45) is 0 Å². The summed E-state index contributed by atoms with van der Waals surface area (Å²) >= 11 is 3.40. The molecule has 0 aromatic carbocycles. The first kappa shape index (κ1) is 14.6. The lowest BCUT2D eigenvalue weighted by Gasteiger charge is -2.17. The summed E-state index contributed by atoms with van der Waals surface area (Å²) in [7, 11) is 0. The Morgan fingerprint density at radius 1 is 1.76 bits per heavy atom. The minimum atomic E-state index is -1.15. The molecular weight excluding hydrogens is 357 g/mol. The molecule has 1 aliphatic rings. The van der Waals surface area contributed by atoms with E-state index in [9.17, 15) is 14.9 Å². The van der Waals surface area contributed by atoms with Crippen molar-refractivity contribution in [2.45, 2.75) is 27.3 Å². The molecule has 1 fully saturated rings. The van der Waals surface area contributed by atoms with Crippen LogP contribution in [0.3, 0.4) is 0 Å². The maximum atomic E-state index is 11.8. The van der Waals surface area contributed by atoms with Gasteiger partial charge in [0.1, 0.15) is 6.61 Å². The van der Waals surface area contributed by atoms with Gasteiger partial charge in [0.25, 0.3) is 6.47 Å². The largest absolute Gasteiger partial charge is 0.467 e. The number of rotatable bonds is 5. The van der Waals surface area contributed by atoms with Crippen LogP contribution in [-0.2, 0) is 19.1 Å². The Morgan fingerprint density at radius 3 is 3.00 bits per heavy atom. The van der Waals surface area contributed by atoms with Gasteiger partial charge >= 0.3 is 5.97 Å². The second-order valence-corrected chi connectivity index (χ2v) is 6.60. The number of carbonyl (C=O) groups excluding carboxylic acids is 2. The Bertz CT molecular complexity index is 346. The number of nitrogens with zero attached hydrogens (tertiary/aromatic N) is 1. The average Bonchev–Trinajstić information content (AvgIpc) is 2.65. The summed E-state index contributed by atoms with van der Waals surface area (Å²) in [4.78, 5) is 21.9. The molecule has 0 saturated carbocycles. The Morgan fingerprint density at radius 2 is 2.47 bits per heavy atom. The van der Waals surface area contributed by atoms with Crippen LogP contribution >= 0.6 is 34.4 Å². The zero-order valence-corrected chi connectivity index (χ0v) is 12.2. The second-order valence-electron chi connectivity index (χ2n) is 3.47. The van der Waals surface area contributed by atoms with Crippen molar-refractivity contribution in [2.75, 3.05) is 13.2 Å². The molecule has 17 heavy (non-hydrogen) atoms. The van der Waals surface area contributed by atoms with Crippen molar-refractivity contribution in [3.8, 4) is 6.07 Å². The van der Waals surface area contributed by atoms with E-state index in [4.69, 9.17) is 9.47 Å². The van der Waals surface area contributed by atoms with Crippen LogP contribution in [-0.4, -0.2) is 39.6 Å². The van der Waals surface area contributed by atoms with Crippen LogP contribution in [0.4, 0.5) is 0 Å². The molecule has 0 aromatic rings. The van der Waals surface area contributed by atoms with Gasteiger partial charge in [-0.05, 0) is 13.3 Å². The Kier molecular flexibility index (Phi) is 5.52. The van der Waals surface area contributed by atoms with E-state index in [2.05, 4.69) is 22.6 Å². The summed E-state index contributed by atoms with van der Waals surface area (Å²) in [6.07, 6.45) is 0.417. The maximum absolute atomic E-state index is 11.8. The lowest BCUT2D eigenvalue weighted by molar-refractivity contribution is -0.144. The zero-order chi connectivity index (χ0) is 12.9. The molecule has 0 aromatic heterocycles. The van der Waals surface area contributed by atoms with Crippen LogP contribution in [0.25, 0.3) is 0 Å². The highest BCUT2D eigenvalue weighted by atomic mass is 127. The van der Waals surface area contributed by atoms with E-state index in [0.717, 1.165) is 0 Å². The molecule has 3 atom stereocenters. The van der Waals surface area contributed by atoms with Gasteiger partial charge in [-0.1, -0.05) is 22.6 Å². The van der Waals surface area contributed by atoms with Crippen molar-refractivity contribution >= 4 is 46.8 Å². The van der Waals surface area contributed by atoms with Crippen molar-refractivity contribution in [3.63, 3.8) is 0 Å². The second kappa shape index (κ2) is 6.44. The average molecular weight is 369 g/mol. The first-order chi connectivity index (χ1) is 8.09. The molecular formula is C10H12INO4S. The van der Waals surface area contributed by atoms with E-state index in [0.29, 0.717) is 12.9 Å². The van der Waals surface area contributed by atoms with Crippen LogP contribution in [0.2, 0.25) is 0 Å². The predicted octanol–water partition coefficient (Wildman–Crippen LogP) is 1.29. The zero-order valence-electron chi connectivity index (χ0n) is 9.22. The highest BCUT2D eigenvalue weighted by Crippen LogP contribution is 2.47. The monoisotopic (exact) mass is 369 g/mol. The summed E-state index contributed by atoms with van der Waals surface area (Å²) in [5.41, 5.74) is 0. The Labute approximate surface area is 117 Å². The van der Waals surface area contributed by atoms with Gasteiger partial charge in [0.05, 0.1) is 17.9 Å². The van der Waals surface area contributed by atoms with Crippen molar-refractivity contribution in [1.82, 2.24) is 0 Å². The van der Waals surface area contributed by atoms with E-state index in [1.807, 2.05) is 6.07 Å². The topological polar surface area (TPSA) is 76.4 Å². The number of alkyl halides is 1. The highest BCUT2D eigenvalue weighted by molar-refractivity contribution is 14.1. The lowest BCUT2D eigenvalue weighted by atomic mass is 10.0. The molecule has 1 saturated heterocycles. The van der Waals surface area contributed by atoms with Gasteiger partial charge < -0.3 is 9.47 Å². The molecule has 1 heterocycles. The summed E-state index contributed by atoms with van der Waals surface area (Å²) in [6, 6.07) is 2.04. The van der Waals surface area contributed by atoms with Gasteiger partial charge in [0.15, 0.2) is 0 Å². The van der Waals surface area contributed by atoms with Gasteiger partial charge in [0.2, 0.25) is 4.75 Å². The Hall–Kier alpha value is -0.490. The van der Waals surface area contributed by atoms with E-state index >= 15 is 0 Å². The molecule has 94 valence electrons. The minimum absolute atomic E-state index is 0.0511. The molecule has 1 rings (SSSR count). The normalized spacial score (nSPS) is 31.6. The highest BCUT2D eigenvalue weighted by Gasteiger charge is 2.52. The molecule has 5 nitrogen and oxygen atoms in total. The number of thioether (sulfide) groups is 1. The van der Waals surface area contributed by atoms with Gasteiger partial charge in [-0.3, -0.25) is 4.79 Å². The van der Waals surface area contributed by atoms with Gasteiger partial charge in [-0.15, -0.1) is 11.8 Å². The quantitative estimate of drug-likeness (QED) is 0.315. The third-order valence-corrected chi connectivity index (χ3v) is 5.74. The van der Waals surface area contributed by atoms with Crippen molar-refractivity contribution in [3.05, 3.63) is 0 Å². The molecule has 7 heteroatoms. The van der Waals surface area contributed by atoms with Crippen LogP contribution in [0.1, 0.15) is 13.3 Å². The number of carbonyl (C=O) groups is 2. The summed E-state index contributed by atoms with van der Waals surface area (Å²) in [5.74, 6) is -0.497. The number of esters is 1. The lowest BCUT2D eigenvalue weighted by Crippen LogP contribution is -2.33. The maximum Gasteiger partial charge on any atom is 0.336 e. The molecule has 0 radical (unpaired) electrons. The van der Waals surface area contributed by atoms with E-state index < -0.39 is 10.7 Å². The molecule has 0 bridgehead atoms. The number of halogens is 1. The molecule has 0 spiro atoms. The summed E-state index contributed by atoms with van der Waals surface area (Å²) in [5, 5.41) is 9.14. The number of nitriles is 1. The number of hydrogen-bond acceptors (Lipinski definition) is 6. The van der Waals surface area contributed by atoms with Crippen LogP contribution in [0.5, 0.6) is 0 Å². The fraction of sp³-hybridized carbons (Fsp3) is 0.700. The third-order valence-electron chi connectivity index (χ3n) is 2.35. The first-order valence-electron chi connectivity index (χ1n) is 5.05. The van der Waals surface area contributed by atoms with Gasteiger partial charge in [-0.2, -0.15) is 5.26 Å². The Balaban J connectivity index is 2.74. The molecule has 0 amide bonds. The minimum Gasteiger partial charge on any atom is -0.467 e.